The van der Waals surface area contributed by atoms with Gasteiger partial charge in [0.2, 0.25) is 5.91 Å². The zero-order valence-electron chi connectivity index (χ0n) is 14.0. The van der Waals surface area contributed by atoms with Crippen molar-refractivity contribution in [1.29, 1.82) is 0 Å². The Bertz CT molecular complexity index is 686. The van der Waals surface area contributed by atoms with E-state index >= 15 is 0 Å². The van der Waals surface area contributed by atoms with Gasteiger partial charge in [-0.3, -0.25) is 14.7 Å². The molecule has 0 radical (unpaired) electrons. The first-order valence-electron chi connectivity index (χ1n) is 8.17. The van der Waals surface area contributed by atoms with Gasteiger partial charge in [0, 0.05) is 30.5 Å². The van der Waals surface area contributed by atoms with E-state index in [1.54, 1.807) is 11.1 Å². The third kappa shape index (κ3) is 3.94. The Hall–Kier alpha value is -1.91. The van der Waals surface area contributed by atoms with Crippen LogP contribution < -0.4 is 0 Å². The van der Waals surface area contributed by atoms with Crippen LogP contribution in [0, 0.1) is 0 Å². The minimum absolute atomic E-state index is 0.105. The van der Waals surface area contributed by atoms with Crippen molar-refractivity contribution < 1.29 is 4.79 Å². The van der Waals surface area contributed by atoms with Gasteiger partial charge in [0.25, 0.3) is 0 Å². The van der Waals surface area contributed by atoms with E-state index in [0.29, 0.717) is 17.6 Å². The van der Waals surface area contributed by atoms with Crippen LogP contribution in [0.15, 0.2) is 48.8 Å². The largest absolute Gasteiger partial charge is 0.333 e. The molecule has 1 fully saturated rings. The van der Waals surface area contributed by atoms with E-state index in [9.17, 15) is 4.79 Å². The lowest BCUT2D eigenvalue weighted by Crippen LogP contribution is -2.39. The zero-order valence-corrected chi connectivity index (χ0v) is 14.8. The van der Waals surface area contributed by atoms with Crippen LogP contribution >= 0.6 is 11.6 Å². The lowest BCUT2D eigenvalue weighted by Gasteiger charge is -2.30. The van der Waals surface area contributed by atoms with Gasteiger partial charge in [-0.1, -0.05) is 29.8 Å². The summed E-state index contributed by atoms with van der Waals surface area (Å²) in [5, 5.41) is 0.686. The monoisotopic (exact) mass is 343 g/mol. The Morgan fingerprint density at radius 2 is 1.92 bits per heavy atom. The molecule has 3 rings (SSSR count). The molecule has 1 aromatic carbocycles. The molecule has 0 saturated heterocycles. The van der Waals surface area contributed by atoms with Crippen LogP contribution in [0.4, 0.5) is 0 Å². The van der Waals surface area contributed by atoms with E-state index in [1.807, 2.05) is 56.7 Å². The molecule has 4 nitrogen and oxygen atoms in total. The molecule has 0 bridgehead atoms. The molecular formula is C19H22ClN3O. The molecule has 1 aliphatic rings. The van der Waals surface area contributed by atoms with Crippen molar-refractivity contribution in [3.63, 3.8) is 0 Å². The number of likely N-dealkylation sites (N-methyl/N-ethyl adjacent to an activating group) is 2. The fourth-order valence-corrected chi connectivity index (χ4v) is 3.06. The normalized spacial score (nSPS) is 15.3. The molecule has 1 amide bonds. The van der Waals surface area contributed by atoms with Crippen molar-refractivity contribution in [2.45, 2.75) is 24.9 Å². The highest BCUT2D eigenvalue weighted by Crippen LogP contribution is 2.29. The number of benzene rings is 1. The third-order valence-corrected chi connectivity index (χ3v) is 4.77. The van der Waals surface area contributed by atoms with Crippen molar-refractivity contribution >= 4 is 17.5 Å². The smallest absolute Gasteiger partial charge is 0.237 e. The highest BCUT2D eigenvalue weighted by atomic mass is 35.5. The average Bonchev–Trinajstić information content (AvgIpc) is 3.43. The zero-order chi connectivity index (χ0) is 17.1. The Labute approximate surface area is 148 Å². The summed E-state index contributed by atoms with van der Waals surface area (Å²) in [5.74, 6) is 0.105. The fourth-order valence-electron chi connectivity index (χ4n) is 2.94. The summed E-state index contributed by atoms with van der Waals surface area (Å²) in [5.41, 5.74) is 2.02. The van der Waals surface area contributed by atoms with Crippen molar-refractivity contribution in [3.05, 3.63) is 64.9 Å². The molecular weight excluding hydrogens is 322 g/mol. The second kappa shape index (κ2) is 7.32. The maximum Gasteiger partial charge on any atom is 0.237 e. The summed E-state index contributed by atoms with van der Waals surface area (Å²) >= 11 is 6.02. The molecule has 1 aliphatic carbocycles. The molecule has 0 aliphatic heterocycles. The minimum Gasteiger partial charge on any atom is -0.333 e. The Morgan fingerprint density at radius 3 is 2.50 bits per heavy atom. The van der Waals surface area contributed by atoms with Gasteiger partial charge in [0.05, 0.1) is 12.6 Å². The van der Waals surface area contributed by atoms with E-state index in [2.05, 4.69) is 9.88 Å². The molecule has 2 aromatic rings. The number of carbonyl (C=O) groups is 1. The highest BCUT2D eigenvalue weighted by molar-refractivity contribution is 6.30. The van der Waals surface area contributed by atoms with Crippen LogP contribution in [0.25, 0.3) is 0 Å². The molecule has 5 heteroatoms. The van der Waals surface area contributed by atoms with Crippen LogP contribution in [0.3, 0.4) is 0 Å². The average molecular weight is 344 g/mol. The molecule has 1 aromatic heterocycles. The number of rotatable bonds is 6. The number of hydrogen-bond donors (Lipinski definition) is 0. The predicted octanol–water partition coefficient (Wildman–Crippen LogP) is 3.38. The second-order valence-electron chi connectivity index (χ2n) is 6.39. The van der Waals surface area contributed by atoms with Gasteiger partial charge in [-0.05, 0) is 49.2 Å². The lowest BCUT2D eigenvalue weighted by atomic mass is 9.98. The first-order chi connectivity index (χ1) is 11.6. The Kier molecular flexibility index (Phi) is 5.17. The van der Waals surface area contributed by atoms with E-state index in [0.717, 1.165) is 11.1 Å². The Balaban J connectivity index is 1.85. The van der Waals surface area contributed by atoms with Crippen molar-refractivity contribution in [1.82, 2.24) is 14.8 Å². The number of nitrogens with zero attached hydrogens (tertiary/aromatic N) is 3. The van der Waals surface area contributed by atoms with Gasteiger partial charge in [-0.25, -0.2) is 0 Å². The SMILES string of the molecule is CN(CC(=O)N(C)[C@H](c1ccc(Cl)cc1)c1cccnc1)C1CC1. The van der Waals surface area contributed by atoms with Gasteiger partial charge in [0.1, 0.15) is 0 Å². The molecule has 1 heterocycles. The van der Waals surface area contributed by atoms with Gasteiger partial charge in [-0.2, -0.15) is 0 Å². The highest BCUT2D eigenvalue weighted by Gasteiger charge is 2.30. The number of pyridine rings is 1. The van der Waals surface area contributed by atoms with E-state index < -0.39 is 0 Å². The van der Waals surface area contributed by atoms with Crippen LogP contribution in [0.2, 0.25) is 5.02 Å². The number of amides is 1. The van der Waals surface area contributed by atoms with Gasteiger partial charge in [-0.15, -0.1) is 0 Å². The van der Waals surface area contributed by atoms with E-state index in [1.165, 1.54) is 12.8 Å². The van der Waals surface area contributed by atoms with Crippen molar-refractivity contribution in [2.75, 3.05) is 20.6 Å². The van der Waals surface area contributed by atoms with Crippen LogP contribution in [0.5, 0.6) is 0 Å². The van der Waals surface area contributed by atoms with Crippen molar-refractivity contribution in [3.8, 4) is 0 Å². The molecule has 24 heavy (non-hydrogen) atoms. The van der Waals surface area contributed by atoms with Gasteiger partial charge < -0.3 is 4.90 Å². The number of carbonyl (C=O) groups excluding carboxylic acids is 1. The van der Waals surface area contributed by atoms with Gasteiger partial charge in [0.15, 0.2) is 0 Å². The first kappa shape index (κ1) is 16.9. The fraction of sp³-hybridized carbons (Fsp3) is 0.368. The number of aromatic nitrogens is 1. The van der Waals surface area contributed by atoms with Crippen LogP contribution in [-0.4, -0.2) is 47.4 Å². The van der Waals surface area contributed by atoms with Gasteiger partial charge >= 0.3 is 0 Å². The minimum atomic E-state index is -0.170. The second-order valence-corrected chi connectivity index (χ2v) is 6.83. The summed E-state index contributed by atoms with van der Waals surface area (Å²) < 4.78 is 0. The summed E-state index contributed by atoms with van der Waals surface area (Å²) in [6.07, 6.45) is 5.94. The number of halogens is 1. The molecule has 0 spiro atoms. The van der Waals surface area contributed by atoms with E-state index in [4.69, 9.17) is 11.6 Å². The molecule has 126 valence electrons. The molecule has 0 N–H and O–H groups in total. The quantitative estimate of drug-likeness (QED) is 0.806. The molecule has 1 atom stereocenters. The summed E-state index contributed by atoms with van der Waals surface area (Å²) in [6, 6.07) is 11.9. The summed E-state index contributed by atoms with van der Waals surface area (Å²) in [4.78, 5) is 20.9. The first-order valence-corrected chi connectivity index (χ1v) is 8.55. The topological polar surface area (TPSA) is 36.4 Å². The molecule has 1 saturated carbocycles. The van der Waals surface area contributed by atoms with Crippen LogP contribution in [-0.2, 0) is 4.79 Å². The van der Waals surface area contributed by atoms with E-state index in [-0.39, 0.29) is 11.9 Å². The third-order valence-electron chi connectivity index (χ3n) is 4.52. The Morgan fingerprint density at radius 1 is 1.21 bits per heavy atom. The standard InChI is InChI=1S/C19H22ClN3O/c1-22(17-9-10-17)13-18(24)23(2)19(15-4-3-11-21-12-15)14-5-7-16(20)8-6-14/h3-8,11-12,17,19H,9-10,13H2,1-2H3/t19-/m1/s1. The predicted molar refractivity (Wildman–Crippen MR) is 96.0 cm³/mol. The number of hydrogen-bond acceptors (Lipinski definition) is 3. The lowest BCUT2D eigenvalue weighted by molar-refractivity contribution is -0.132. The summed E-state index contributed by atoms with van der Waals surface area (Å²) in [7, 11) is 3.88. The molecule has 0 unspecified atom stereocenters. The van der Waals surface area contributed by atoms with Crippen molar-refractivity contribution in [2.24, 2.45) is 0 Å². The summed E-state index contributed by atoms with van der Waals surface area (Å²) in [6.45, 7) is 0.436. The maximum absolute atomic E-state index is 12.8. The maximum atomic E-state index is 12.8. The van der Waals surface area contributed by atoms with Crippen LogP contribution in [0.1, 0.15) is 30.0 Å².